The van der Waals surface area contributed by atoms with Gasteiger partial charge in [0.15, 0.2) is 0 Å². The highest BCUT2D eigenvalue weighted by molar-refractivity contribution is 14.1. The van der Waals surface area contributed by atoms with Crippen LogP contribution in [0.3, 0.4) is 0 Å². The van der Waals surface area contributed by atoms with Crippen LogP contribution in [-0.2, 0) is 6.54 Å². The minimum atomic E-state index is -0.350. The number of hydrogen-bond donors (Lipinski definition) is 0. The van der Waals surface area contributed by atoms with Crippen molar-refractivity contribution in [1.29, 1.82) is 0 Å². The standard InChI is InChI=1S/C5H6FIN2/c6-2-4-9-5(7)1-3-8-9/h1,3H,2,4H2. The first-order valence-electron chi connectivity index (χ1n) is 2.58. The molecular formula is C5H6FIN2. The molecule has 0 saturated carbocycles. The highest BCUT2D eigenvalue weighted by Gasteiger charge is 1.94. The average molecular weight is 240 g/mol. The Labute approximate surface area is 66.2 Å². The molecule has 0 saturated heterocycles. The molecule has 9 heavy (non-hydrogen) atoms. The fraction of sp³-hybridized carbons (Fsp3) is 0.400. The molecule has 0 radical (unpaired) electrons. The highest BCUT2D eigenvalue weighted by atomic mass is 127. The van der Waals surface area contributed by atoms with E-state index in [1.165, 1.54) is 0 Å². The summed E-state index contributed by atoms with van der Waals surface area (Å²) in [6.45, 7) is 0.0168. The molecule has 2 nitrogen and oxygen atoms in total. The molecule has 0 aromatic carbocycles. The molecule has 1 aromatic rings. The van der Waals surface area contributed by atoms with Gasteiger partial charge in [-0.1, -0.05) is 0 Å². The van der Waals surface area contributed by atoms with E-state index in [9.17, 15) is 4.39 Å². The van der Waals surface area contributed by atoms with Gasteiger partial charge >= 0.3 is 0 Å². The maximum Gasteiger partial charge on any atom is 0.109 e. The summed E-state index contributed by atoms with van der Waals surface area (Å²) in [6.07, 6.45) is 1.66. The molecule has 0 amide bonds. The molecule has 0 aliphatic heterocycles. The Morgan fingerprint density at radius 1 is 1.78 bits per heavy atom. The monoisotopic (exact) mass is 240 g/mol. The molecule has 0 fully saturated rings. The molecule has 4 heteroatoms. The second-order valence-electron chi connectivity index (χ2n) is 1.57. The fourth-order valence-electron chi connectivity index (χ4n) is 0.561. The van der Waals surface area contributed by atoms with Crippen LogP contribution in [0.1, 0.15) is 0 Å². The zero-order valence-corrected chi connectivity index (χ0v) is 6.88. The van der Waals surface area contributed by atoms with Gasteiger partial charge in [0.05, 0.1) is 16.4 Å². The molecule has 0 N–H and O–H groups in total. The second kappa shape index (κ2) is 3.14. The van der Waals surface area contributed by atoms with Gasteiger partial charge in [-0.3, -0.25) is 4.68 Å². The number of aryl methyl sites for hydroxylation is 1. The smallest absolute Gasteiger partial charge is 0.109 e. The Morgan fingerprint density at radius 2 is 2.56 bits per heavy atom. The summed E-state index contributed by atoms with van der Waals surface area (Å²) in [4.78, 5) is 0. The highest BCUT2D eigenvalue weighted by Crippen LogP contribution is 2.01. The zero-order valence-electron chi connectivity index (χ0n) is 4.72. The number of rotatable bonds is 2. The lowest BCUT2D eigenvalue weighted by Gasteiger charge is -1.95. The van der Waals surface area contributed by atoms with Crippen LogP contribution in [-0.4, -0.2) is 16.5 Å². The van der Waals surface area contributed by atoms with Crippen LogP contribution in [0, 0.1) is 3.70 Å². The SMILES string of the molecule is FCCn1nccc1I. The Balaban J connectivity index is 2.69. The van der Waals surface area contributed by atoms with Gasteiger partial charge in [-0.2, -0.15) is 5.10 Å². The molecule has 1 aromatic heterocycles. The van der Waals surface area contributed by atoms with Crippen molar-refractivity contribution in [3.05, 3.63) is 16.0 Å². The van der Waals surface area contributed by atoms with Gasteiger partial charge < -0.3 is 0 Å². The molecule has 1 rings (SSSR count). The van der Waals surface area contributed by atoms with Crippen molar-refractivity contribution in [1.82, 2.24) is 9.78 Å². The molecule has 0 bridgehead atoms. The van der Waals surface area contributed by atoms with E-state index in [2.05, 4.69) is 27.7 Å². The van der Waals surface area contributed by atoms with Crippen molar-refractivity contribution in [2.45, 2.75) is 6.54 Å². The van der Waals surface area contributed by atoms with Crippen LogP contribution in [0.2, 0.25) is 0 Å². The summed E-state index contributed by atoms with van der Waals surface area (Å²) in [7, 11) is 0. The predicted octanol–water partition coefficient (Wildman–Crippen LogP) is 1.46. The number of nitrogens with zero attached hydrogens (tertiary/aromatic N) is 2. The third-order valence-electron chi connectivity index (χ3n) is 0.961. The van der Waals surface area contributed by atoms with E-state index in [0.717, 1.165) is 3.70 Å². The van der Waals surface area contributed by atoms with Gasteiger partial charge in [-0.25, -0.2) is 4.39 Å². The van der Waals surface area contributed by atoms with Gasteiger partial charge in [0.25, 0.3) is 0 Å². The van der Waals surface area contributed by atoms with E-state index < -0.39 is 0 Å². The van der Waals surface area contributed by atoms with Crippen LogP contribution in [0.25, 0.3) is 0 Å². The van der Waals surface area contributed by atoms with Crippen LogP contribution in [0.5, 0.6) is 0 Å². The Kier molecular flexibility index (Phi) is 2.44. The van der Waals surface area contributed by atoms with E-state index in [1.54, 1.807) is 10.9 Å². The van der Waals surface area contributed by atoms with Crippen LogP contribution in [0.4, 0.5) is 4.39 Å². The minimum Gasteiger partial charge on any atom is -0.257 e. The summed E-state index contributed by atoms with van der Waals surface area (Å²) < 4.78 is 14.3. The Morgan fingerprint density at radius 3 is 3.00 bits per heavy atom. The van der Waals surface area contributed by atoms with Crippen molar-refractivity contribution in [2.24, 2.45) is 0 Å². The van der Waals surface area contributed by atoms with Crippen molar-refractivity contribution in [2.75, 3.05) is 6.67 Å². The Hall–Kier alpha value is -0.130. The first-order chi connectivity index (χ1) is 4.34. The van der Waals surface area contributed by atoms with Crippen molar-refractivity contribution in [3.63, 3.8) is 0 Å². The van der Waals surface area contributed by atoms with E-state index in [1.807, 2.05) is 6.07 Å². The van der Waals surface area contributed by atoms with E-state index in [0.29, 0.717) is 6.54 Å². The van der Waals surface area contributed by atoms with Crippen molar-refractivity contribution >= 4 is 22.6 Å². The molecule has 1 heterocycles. The molecule has 50 valence electrons. The van der Waals surface area contributed by atoms with Gasteiger partial charge in [0.1, 0.15) is 6.67 Å². The normalized spacial score (nSPS) is 10.0. The second-order valence-corrected chi connectivity index (χ2v) is 2.67. The first-order valence-corrected chi connectivity index (χ1v) is 3.66. The number of alkyl halides is 1. The summed E-state index contributed by atoms with van der Waals surface area (Å²) in [5, 5.41) is 3.87. The molecule has 0 unspecified atom stereocenters. The molecule has 0 aliphatic rings. The van der Waals surface area contributed by atoms with E-state index >= 15 is 0 Å². The van der Waals surface area contributed by atoms with Crippen molar-refractivity contribution in [3.8, 4) is 0 Å². The van der Waals surface area contributed by atoms with Gasteiger partial charge in [-0.05, 0) is 28.7 Å². The lowest BCUT2D eigenvalue weighted by molar-refractivity contribution is 0.423. The largest absolute Gasteiger partial charge is 0.257 e. The maximum absolute atomic E-state index is 11.7. The first kappa shape index (κ1) is 6.98. The molecule has 0 spiro atoms. The Bertz CT molecular complexity index is 187. The van der Waals surface area contributed by atoms with E-state index in [-0.39, 0.29) is 6.67 Å². The molecular weight excluding hydrogens is 234 g/mol. The lowest BCUT2D eigenvalue weighted by Crippen LogP contribution is -2.02. The van der Waals surface area contributed by atoms with Gasteiger partial charge in [-0.15, -0.1) is 0 Å². The van der Waals surface area contributed by atoms with E-state index in [4.69, 9.17) is 0 Å². The maximum atomic E-state index is 11.7. The summed E-state index contributed by atoms with van der Waals surface area (Å²) >= 11 is 2.11. The lowest BCUT2D eigenvalue weighted by atomic mass is 10.7. The average Bonchev–Trinajstić information content (AvgIpc) is 2.18. The zero-order chi connectivity index (χ0) is 6.69. The van der Waals surface area contributed by atoms with Crippen LogP contribution < -0.4 is 0 Å². The quantitative estimate of drug-likeness (QED) is 0.715. The number of aromatic nitrogens is 2. The van der Waals surface area contributed by atoms with Gasteiger partial charge in [0, 0.05) is 0 Å². The summed E-state index contributed by atoms with van der Waals surface area (Å²) in [5.74, 6) is 0. The third-order valence-corrected chi connectivity index (χ3v) is 1.88. The van der Waals surface area contributed by atoms with Crippen LogP contribution >= 0.6 is 22.6 Å². The predicted molar refractivity (Wildman–Crippen MR) is 40.9 cm³/mol. The topological polar surface area (TPSA) is 17.8 Å². The van der Waals surface area contributed by atoms with Gasteiger partial charge in [0.2, 0.25) is 0 Å². The third kappa shape index (κ3) is 1.64. The van der Waals surface area contributed by atoms with Crippen molar-refractivity contribution < 1.29 is 4.39 Å². The fourth-order valence-corrected chi connectivity index (χ4v) is 1.09. The number of hydrogen-bond acceptors (Lipinski definition) is 1. The summed E-state index contributed by atoms with van der Waals surface area (Å²) in [6, 6.07) is 1.84. The summed E-state index contributed by atoms with van der Waals surface area (Å²) in [5.41, 5.74) is 0. The molecule has 0 atom stereocenters. The molecule has 0 aliphatic carbocycles. The van der Waals surface area contributed by atoms with Crippen LogP contribution in [0.15, 0.2) is 12.3 Å². The minimum absolute atomic E-state index is 0.350. The number of halogens is 2.